The number of hydrogen-bond acceptors (Lipinski definition) is 8. The van der Waals surface area contributed by atoms with E-state index in [0.717, 1.165) is 10.5 Å². The number of benzene rings is 1. The molecule has 30 heavy (non-hydrogen) atoms. The molecule has 4 atom stereocenters. The van der Waals surface area contributed by atoms with Crippen molar-refractivity contribution in [2.45, 2.75) is 24.7 Å². The van der Waals surface area contributed by atoms with Gasteiger partial charge in [0.2, 0.25) is 5.91 Å². The van der Waals surface area contributed by atoms with Gasteiger partial charge in [-0.05, 0) is 5.56 Å². The van der Waals surface area contributed by atoms with Crippen LogP contribution >= 0.6 is 0 Å². The van der Waals surface area contributed by atoms with E-state index in [1.807, 2.05) is 35.2 Å². The first-order valence-electron chi connectivity index (χ1n) is 9.88. The van der Waals surface area contributed by atoms with E-state index >= 15 is 0 Å². The summed E-state index contributed by atoms with van der Waals surface area (Å²) in [6.45, 7) is 1.58. The van der Waals surface area contributed by atoms with E-state index in [9.17, 15) is 19.2 Å². The molecule has 0 aliphatic carbocycles. The van der Waals surface area contributed by atoms with Gasteiger partial charge in [-0.25, -0.2) is 0 Å². The molecule has 0 saturated carbocycles. The predicted octanol–water partition coefficient (Wildman–Crippen LogP) is -0.150. The lowest BCUT2D eigenvalue weighted by atomic mass is 9.77. The van der Waals surface area contributed by atoms with Crippen LogP contribution in [0.5, 0.6) is 0 Å². The lowest BCUT2D eigenvalue weighted by molar-refractivity contribution is -0.161. The van der Waals surface area contributed by atoms with Crippen molar-refractivity contribution < 1.29 is 28.7 Å². The topological polar surface area (TPSA) is 96.5 Å². The third kappa shape index (κ3) is 2.76. The molecule has 0 N–H and O–H groups in total. The molecule has 0 bridgehead atoms. The molecule has 0 unspecified atom stereocenters. The van der Waals surface area contributed by atoms with E-state index in [1.54, 1.807) is 0 Å². The number of hydrogen-bond donors (Lipinski definition) is 0. The first-order chi connectivity index (χ1) is 14.4. The molecule has 3 aliphatic rings. The van der Waals surface area contributed by atoms with Crippen molar-refractivity contribution in [3.05, 3.63) is 35.9 Å². The molecular formula is C21H25N3O6. The maximum Gasteiger partial charge on any atom is 0.312 e. The normalized spacial score (nSPS) is 31.4. The highest BCUT2D eigenvalue weighted by atomic mass is 16.5. The minimum absolute atomic E-state index is 0.161. The van der Waals surface area contributed by atoms with Crippen LogP contribution in [0.2, 0.25) is 0 Å². The molecule has 1 aromatic carbocycles. The number of likely N-dealkylation sites (tertiary alicyclic amines) is 1. The van der Waals surface area contributed by atoms with Crippen LogP contribution in [0.3, 0.4) is 0 Å². The van der Waals surface area contributed by atoms with E-state index < -0.39 is 41.4 Å². The lowest BCUT2D eigenvalue weighted by Crippen LogP contribution is -2.56. The Bertz CT molecular complexity index is 890. The van der Waals surface area contributed by atoms with Gasteiger partial charge in [-0.3, -0.25) is 33.9 Å². The van der Waals surface area contributed by atoms with Crippen LogP contribution in [-0.2, 0) is 35.2 Å². The van der Waals surface area contributed by atoms with Gasteiger partial charge in [-0.15, -0.1) is 0 Å². The SMILES string of the molecule is COC(=O)[C@@H]1[C@@H](C(=O)OC)[C@]2(CC(=O)N(C)C2=O)N2CCN(Cc3ccccc3)[C@H]12. The zero-order valence-corrected chi connectivity index (χ0v) is 17.2. The van der Waals surface area contributed by atoms with Crippen molar-refractivity contribution in [3.63, 3.8) is 0 Å². The smallest absolute Gasteiger partial charge is 0.312 e. The summed E-state index contributed by atoms with van der Waals surface area (Å²) in [7, 11) is 3.89. The van der Waals surface area contributed by atoms with Crippen LogP contribution in [0.15, 0.2) is 30.3 Å². The van der Waals surface area contributed by atoms with Crippen LogP contribution in [0.1, 0.15) is 12.0 Å². The fourth-order valence-electron chi connectivity index (χ4n) is 5.35. The van der Waals surface area contributed by atoms with Gasteiger partial charge in [-0.2, -0.15) is 0 Å². The molecular weight excluding hydrogens is 390 g/mol. The highest BCUT2D eigenvalue weighted by Crippen LogP contribution is 2.52. The third-order valence-electron chi connectivity index (χ3n) is 6.66. The molecule has 3 fully saturated rings. The van der Waals surface area contributed by atoms with Crippen LogP contribution in [0.25, 0.3) is 0 Å². The van der Waals surface area contributed by atoms with Gasteiger partial charge < -0.3 is 9.47 Å². The largest absolute Gasteiger partial charge is 0.469 e. The number of esters is 2. The molecule has 160 valence electrons. The Morgan fingerprint density at radius 3 is 2.30 bits per heavy atom. The van der Waals surface area contributed by atoms with Gasteiger partial charge in [0.1, 0.15) is 17.4 Å². The molecule has 4 rings (SSSR count). The van der Waals surface area contributed by atoms with Gasteiger partial charge in [0.05, 0.1) is 26.8 Å². The highest BCUT2D eigenvalue weighted by Gasteiger charge is 2.73. The fourth-order valence-corrected chi connectivity index (χ4v) is 5.35. The second-order valence-corrected chi connectivity index (χ2v) is 7.97. The Balaban J connectivity index is 1.81. The molecule has 3 aliphatic heterocycles. The molecule has 0 radical (unpaired) electrons. The zero-order valence-electron chi connectivity index (χ0n) is 17.2. The van der Waals surface area contributed by atoms with Gasteiger partial charge in [0.15, 0.2) is 0 Å². The Kier molecular flexibility index (Phi) is 5.11. The summed E-state index contributed by atoms with van der Waals surface area (Å²) in [6, 6.07) is 9.76. The Labute approximate surface area is 174 Å². The average Bonchev–Trinajstić information content (AvgIpc) is 3.36. The Morgan fingerprint density at radius 1 is 1.07 bits per heavy atom. The number of carbonyl (C=O) groups excluding carboxylic acids is 4. The number of nitrogens with zero attached hydrogens (tertiary/aromatic N) is 3. The summed E-state index contributed by atoms with van der Waals surface area (Å²) in [4.78, 5) is 56.6. The quantitative estimate of drug-likeness (QED) is 0.495. The summed E-state index contributed by atoms with van der Waals surface area (Å²) >= 11 is 0. The third-order valence-corrected chi connectivity index (χ3v) is 6.66. The van der Waals surface area contributed by atoms with Crippen molar-refractivity contribution in [2.24, 2.45) is 11.8 Å². The van der Waals surface area contributed by atoms with Crippen molar-refractivity contribution >= 4 is 23.8 Å². The second-order valence-electron chi connectivity index (χ2n) is 7.97. The number of likely N-dealkylation sites (N-methyl/N-ethyl adjacent to an activating group) is 1. The van der Waals surface area contributed by atoms with Gasteiger partial charge in [-0.1, -0.05) is 30.3 Å². The summed E-state index contributed by atoms with van der Waals surface area (Å²) in [5.41, 5.74) is -0.391. The first-order valence-corrected chi connectivity index (χ1v) is 9.88. The molecule has 0 aromatic heterocycles. The molecule has 9 nitrogen and oxygen atoms in total. The van der Waals surface area contributed by atoms with E-state index in [2.05, 4.69) is 4.90 Å². The molecule has 9 heteroatoms. The van der Waals surface area contributed by atoms with Gasteiger partial charge in [0.25, 0.3) is 5.91 Å². The number of amides is 2. The minimum atomic E-state index is -1.44. The number of methoxy groups -OCH3 is 2. The predicted molar refractivity (Wildman–Crippen MR) is 103 cm³/mol. The number of rotatable bonds is 4. The van der Waals surface area contributed by atoms with Crippen molar-refractivity contribution in [1.82, 2.24) is 14.7 Å². The molecule has 2 amide bonds. The molecule has 3 saturated heterocycles. The standard InChI is InChI=1S/C21H25N3O6/c1-22-14(25)11-21(20(22)28)16(19(27)30-3)15(18(26)29-2)17-23(9-10-24(17)21)12-13-7-5-4-6-8-13/h4-8,15-17H,9-12H2,1-3H3/t15-,16+,17+,21+/m1/s1. The van der Waals surface area contributed by atoms with Crippen LogP contribution in [0.4, 0.5) is 0 Å². The number of carbonyl (C=O) groups is 4. The molecule has 1 spiro atoms. The Morgan fingerprint density at radius 2 is 1.73 bits per heavy atom. The highest BCUT2D eigenvalue weighted by molar-refractivity contribution is 6.11. The Hall–Kier alpha value is -2.78. The number of imide groups is 1. The maximum atomic E-state index is 13.3. The van der Waals surface area contributed by atoms with Crippen molar-refractivity contribution in [1.29, 1.82) is 0 Å². The van der Waals surface area contributed by atoms with Crippen LogP contribution in [0, 0.1) is 11.8 Å². The van der Waals surface area contributed by atoms with Crippen LogP contribution in [-0.4, -0.2) is 84.5 Å². The molecule has 3 heterocycles. The van der Waals surface area contributed by atoms with E-state index in [1.165, 1.54) is 21.3 Å². The molecule has 1 aromatic rings. The summed E-state index contributed by atoms with van der Waals surface area (Å²) < 4.78 is 10.1. The van der Waals surface area contributed by atoms with Crippen LogP contribution < -0.4 is 0 Å². The van der Waals surface area contributed by atoms with Gasteiger partial charge >= 0.3 is 11.9 Å². The first kappa shape index (κ1) is 20.5. The van der Waals surface area contributed by atoms with Gasteiger partial charge in [0, 0.05) is 26.7 Å². The number of ether oxygens (including phenoxy) is 2. The minimum Gasteiger partial charge on any atom is -0.469 e. The summed E-state index contributed by atoms with van der Waals surface area (Å²) in [5.74, 6) is -4.19. The summed E-state index contributed by atoms with van der Waals surface area (Å²) in [6.07, 6.45) is -0.712. The zero-order chi connectivity index (χ0) is 21.6. The van der Waals surface area contributed by atoms with E-state index in [0.29, 0.717) is 19.6 Å². The van der Waals surface area contributed by atoms with E-state index in [4.69, 9.17) is 9.47 Å². The fraction of sp³-hybridized carbons (Fsp3) is 0.524. The second kappa shape index (κ2) is 7.48. The average molecular weight is 415 g/mol. The maximum absolute atomic E-state index is 13.3. The monoisotopic (exact) mass is 415 g/mol. The van der Waals surface area contributed by atoms with Crippen molar-refractivity contribution in [3.8, 4) is 0 Å². The lowest BCUT2D eigenvalue weighted by Gasteiger charge is -2.34. The van der Waals surface area contributed by atoms with Crippen molar-refractivity contribution in [2.75, 3.05) is 34.4 Å². The van der Waals surface area contributed by atoms with E-state index in [-0.39, 0.29) is 12.3 Å². The summed E-state index contributed by atoms with van der Waals surface area (Å²) in [5, 5.41) is 0. The number of fused-ring (bicyclic) bond motifs is 2.